The molecule has 1 atom stereocenters. The molecule has 4 aromatic rings. The maximum atomic E-state index is 13.0. The molecule has 32 heavy (non-hydrogen) atoms. The lowest BCUT2D eigenvalue weighted by Gasteiger charge is -2.15. The van der Waals surface area contributed by atoms with Crippen molar-refractivity contribution in [3.05, 3.63) is 114 Å². The van der Waals surface area contributed by atoms with Crippen molar-refractivity contribution in [3.8, 4) is 23.7 Å². The molecule has 0 spiro atoms. The summed E-state index contributed by atoms with van der Waals surface area (Å²) in [4.78, 5) is 0.200. The number of aryl methyl sites for hydroxylation is 1. The van der Waals surface area contributed by atoms with Crippen molar-refractivity contribution in [1.29, 1.82) is 0 Å². The average Bonchev–Trinajstić information content (AvgIpc) is 2.81. The summed E-state index contributed by atoms with van der Waals surface area (Å²) in [5.74, 6) is 11.6. The van der Waals surface area contributed by atoms with Crippen molar-refractivity contribution < 1.29 is 8.42 Å². The van der Waals surface area contributed by atoms with Crippen LogP contribution in [-0.2, 0) is 10.0 Å². The smallest absolute Gasteiger partial charge is 0.207 e. The molecule has 0 fully saturated rings. The zero-order valence-electron chi connectivity index (χ0n) is 17.5. The van der Waals surface area contributed by atoms with Gasteiger partial charge >= 0.3 is 0 Å². The minimum absolute atomic E-state index is 0.200. The fourth-order valence-electron chi connectivity index (χ4n) is 3.24. The van der Waals surface area contributed by atoms with Crippen molar-refractivity contribution >= 4 is 20.8 Å². The van der Waals surface area contributed by atoms with Crippen molar-refractivity contribution in [3.63, 3.8) is 0 Å². The molecule has 0 heterocycles. The molecule has 4 heteroatoms. The largest absolute Gasteiger partial charge is 0.241 e. The highest BCUT2D eigenvalue weighted by molar-refractivity contribution is 7.89. The normalized spacial score (nSPS) is 11.7. The van der Waals surface area contributed by atoms with E-state index in [9.17, 15) is 8.42 Å². The zero-order valence-corrected chi connectivity index (χ0v) is 18.4. The van der Waals surface area contributed by atoms with Crippen LogP contribution in [0.25, 0.3) is 10.8 Å². The summed E-state index contributed by atoms with van der Waals surface area (Å²) < 4.78 is 28.8. The van der Waals surface area contributed by atoms with Gasteiger partial charge in [-0.3, -0.25) is 0 Å². The molecule has 4 aromatic carbocycles. The van der Waals surface area contributed by atoms with Crippen LogP contribution < -0.4 is 4.72 Å². The Morgan fingerprint density at radius 2 is 1.44 bits per heavy atom. The molecule has 0 saturated heterocycles. The Bertz CT molecular complexity index is 1470. The van der Waals surface area contributed by atoms with E-state index >= 15 is 0 Å². The summed E-state index contributed by atoms with van der Waals surface area (Å²) in [6, 6.07) is 29.3. The number of hydrogen-bond acceptors (Lipinski definition) is 2. The molecule has 0 saturated carbocycles. The Kier molecular flexibility index (Phi) is 6.38. The van der Waals surface area contributed by atoms with Crippen LogP contribution in [0.4, 0.5) is 0 Å². The highest BCUT2D eigenvalue weighted by atomic mass is 32.2. The second-order valence-corrected chi connectivity index (χ2v) is 9.07. The summed E-state index contributed by atoms with van der Waals surface area (Å²) in [6.45, 7) is 1.92. The van der Waals surface area contributed by atoms with Gasteiger partial charge in [0.05, 0.1) is 4.90 Å². The zero-order chi connectivity index (χ0) is 22.4. The average molecular weight is 436 g/mol. The Hall–Kier alpha value is -3.83. The molecule has 156 valence electrons. The van der Waals surface area contributed by atoms with Crippen molar-refractivity contribution in [2.75, 3.05) is 0 Å². The molecule has 0 unspecified atom stereocenters. The van der Waals surface area contributed by atoms with Gasteiger partial charge in [0, 0.05) is 5.56 Å². The third-order valence-electron chi connectivity index (χ3n) is 4.97. The van der Waals surface area contributed by atoms with Crippen molar-refractivity contribution in [2.45, 2.75) is 17.9 Å². The molecule has 0 amide bonds. The van der Waals surface area contributed by atoms with E-state index in [-0.39, 0.29) is 4.90 Å². The second kappa shape index (κ2) is 9.54. The third-order valence-corrected chi connectivity index (χ3v) is 6.41. The monoisotopic (exact) mass is 435 g/mol. The Labute approximate surface area is 189 Å². The van der Waals surface area contributed by atoms with Gasteiger partial charge in [0.15, 0.2) is 0 Å². The highest BCUT2D eigenvalue weighted by Crippen LogP contribution is 2.22. The Morgan fingerprint density at radius 3 is 2.19 bits per heavy atom. The molecular weight excluding hydrogens is 414 g/mol. The van der Waals surface area contributed by atoms with E-state index in [1.807, 2.05) is 79.7 Å². The first-order valence-corrected chi connectivity index (χ1v) is 11.6. The summed E-state index contributed by atoms with van der Waals surface area (Å²) in [5, 5.41) is 2.09. The van der Waals surface area contributed by atoms with Crippen molar-refractivity contribution in [2.24, 2.45) is 0 Å². The van der Waals surface area contributed by atoms with Crippen LogP contribution in [-0.4, -0.2) is 8.42 Å². The molecule has 0 radical (unpaired) electrons. The van der Waals surface area contributed by atoms with E-state index in [0.717, 1.165) is 27.5 Å². The third kappa shape index (κ3) is 5.25. The molecule has 0 aliphatic heterocycles. The van der Waals surface area contributed by atoms with Crippen LogP contribution in [0.15, 0.2) is 102 Å². The number of fused-ring (bicyclic) bond motifs is 1. The van der Waals surface area contributed by atoms with Crippen LogP contribution in [0.2, 0.25) is 0 Å². The van der Waals surface area contributed by atoms with Crippen LogP contribution in [0.5, 0.6) is 0 Å². The summed E-state index contributed by atoms with van der Waals surface area (Å²) in [6.07, 6.45) is 0. The molecule has 0 aliphatic carbocycles. The van der Waals surface area contributed by atoms with Gasteiger partial charge in [0.1, 0.15) is 6.04 Å². The molecule has 0 aliphatic rings. The van der Waals surface area contributed by atoms with Gasteiger partial charge in [-0.2, -0.15) is 4.72 Å². The summed E-state index contributed by atoms with van der Waals surface area (Å²) in [5.41, 5.74) is 2.60. The highest BCUT2D eigenvalue weighted by Gasteiger charge is 2.20. The van der Waals surface area contributed by atoms with E-state index in [0.29, 0.717) is 0 Å². The molecule has 0 aromatic heterocycles. The minimum Gasteiger partial charge on any atom is -0.207 e. The fraction of sp³-hybridized carbons (Fsp3) is 0.0714. The van der Waals surface area contributed by atoms with Gasteiger partial charge in [-0.15, -0.1) is 0 Å². The van der Waals surface area contributed by atoms with Gasteiger partial charge in [0.25, 0.3) is 0 Å². The maximum Gasteiger partial charge on any atom is 0.241 e. The topological polar surface area (TPSA) is 46.2 Å². The van der Waals surface area contributed by atoms with Gasteiger partial charge in [-0.05, 0) is 65.4 Å². The number of hydrogen-bond donors (Lipinski definition) is 1. The summed E-state index contributed by atoms with van der Waals surface area (Å²) >= 11 is 0. The minimum atomic E-state index is -3.77. The van der Waals surface area contributed by atoms with Crippen LogP contribution in [0.3, 0.4) is 0 Å². The molecule has 0 bridgehead atoms. The van der Waals surface area contributed by atoms with E-state index in [2.05, 4.69) is 28.4 Å². The second-order valence-electron chi connectivity index (χ2n) is 7.36. The van der Waals surface area contributed by atoms with Crippen LogP contribution >= 0.6 is 0 Å². The number of rotatable bonds is 4. The number of sulfonamides is 1. The Morgan fingerprint density at radius 1 is 0.750 bits per heavy atom. The van der Waals surface area contributed by atoms with Gasteiger partial charge in [-0.25, -0.2) is 8.42 Å². The standard InChI is InChI=1S/C28H21NO2S/c1-22-15-19-27(20-16-22)32(30,31)29-28(14-8-5-11-23-9-3-2-4-10-23)26-18-17-24-12-6-7-13-25(24)21-26/h2-4,6-7,9-10,12-13,15-21,28-29H,1H3/t28-/m1/s1. The van der Waals surface area contributed by atoms with E-state index in [1.54, 1.807) is 24.3 Å². The Balaban J connectivity index is 1.70. The molecule has 4 rings (SSSR count). The predicted molar refractivity (Wildman–Crippen MR) is 129 cm³/mol. The fourth-order valence-corrected chi connectivity index (χ4v) is 4.38. The number of nitrogens with one attached hydrogen (secondary N) is 1. The molecule has 3 nitrogen and oxygen atoms in total. The van der Waals surface area contributed by atoms with E-state index in [4.69, 9.17) is 0 Å². The SMILES string of the molecule is Cc1ccc(S(=O)(=O)N[C@H](C#CC#Cc2ccccc2)c2ccc3ccccc3c2)cc1. The molecular formula is C28H21NO2S. The first-order valence-electron chi connectivity index (χ1n) is 10.2. The van der Waals surface area contributed by atoms with Crippen LogP contribution in [0.1, 0.15) is 22.7 Å². The first-order chi connectivity index (χ1) is 15.5. The summed E-state index contributed by atoms with van der Waals surface area (Å²) in [7, 11) is -3.77. The first kappa shape index (κ1) is 21.4. The van der Waals surface area contributed by atoms with Gasteiger partial charge < -0.3 is 0 Å². The maximum absolute atomic E-state index is 13.0. The van der Waals surface area contributed by atoms with Gasteiger partial charge in [0.2, 0.25) is 10.0 Å². The molecule has 1 N–H and O–H groups in total. The van der Waals surface area contributed by atoms with E-state index < -0.39 is 16.1 Å². The predicted octanol–water partition coefficient (Wildman–Crippen LogP) is 5.22. The number of benzene rings is 4. The van der Waals surface area contributed by atoms with Crippen molar-refractivity contribution in [1.82, 2.24) is 4.72 Å². The lowest BCUT2D eigenvalue weighted by atomic mass is 10.0. The lowest BCUT2D eigenvalue weighted by molar-refractivity contribution is 0.576. The lowest BCUT2D eigenvalue weighted by Crippen LogP contribution is -2.28. The van der Waals surface area contributed by atoms with Gasteiger partial charge in [-0.1, -0.05) is 84.1 Å². The van der Waals surface area contributed by atoms with E-state index in [1.165, 1.54) is 0 Å². The quantitative estimate of drug-likeness (QED) is 0.447. The van der Waals surface area contributed by atoms with Crippen LogP contribution in [0, 0.1) is 30.6 Å².